The number of aromatic nitrogens is 4. The minimum atomic E-state index is -0.217. The Hall–Kier alpha value is -3.89. The summed E-state index contributed by atoms with van der Waals surface area (Å²) in [6.45, 7) is 8.65. The van der Waals surface area contributed by atoms with E-state index in [9.17, 15) is 4.79 Å². The number of carbonyl (C=O) groups excluding carboxylic acids is 1. The average molecular weight is 503 g/mol. The molecule has 0 radical (unpaired) electrons. The number of hydrogen-bond donors (Lipinski definition) is 3. The molecule has 186 valence electrons. The first kappa shape index (κ1) is 25.2. The lowest BCUT2D eigenvalue weighted by Crippen LogP contribution is -2.42. The van der Waals surface area contributed by atoms with E-state index in [0.29, 0.717) is 40.4 Å². The van der Waals surface area contributed by atoms with Crippen LogP contribution in [0, 0.1) is 5.41 Å². The summed E-state index contributed by atoms with van der Waals surface area (Å²) in [7, 11) is 0. The number of rotatable bonds is 10. The van der Waals surface area contributed by atoms with Crippen molar-refractivity contribution in [2.75, 3.05) is 19.6 Å². The second kappa shape index (κ2) is 11.2. The van der Waals surface area contributed by atoms with Gasteiger partial charge in [-0.3, -0.25) is 9.69 Å². The Morgan fingerprint density at radius 2 is 2.06 bits per heavy atom. The molecule has 36 heavy (non-hydrogen) atoms. The lowest BCUT2D eigenvalue weighted by atomic mass is 10.1. The van der Waals surface area contributed by atoms with Crippen LogP contribution in [-0.2, 0) is 0 Å². The Morgan fingerprint density at radius 1 is 1.25 bits per heavy atom. The van der Waals surface area contributed by atoms with Gasteiger partial charge in [0.05, 0.1) is 39.4 Å². The van der Waals surface area contributed by atoms with Crippen molar-refractivity contribution < 1.29 is 4.79 Å². The molecule has 4 aromatic heterocycles. The number of amides is 1. The maximum absolute atomic E-state index is 13.2. The topological polar surface area (TPSA) is 125 Å². The number of allylic oxidation sites excluding steroid dienone is 1. The summed E-state index contributed by atoms with van der Waals surface area (Å²) in [6, 6.07) is 9.50. The minimum Gasteiger partial charge on any atom is -0.397 e. The summed E-state index contributed by atoms with van der Waals surface area (Å²) in [4.78, 5) is 26.0. The summed E-state index contributed by atoms with van der Waals surface area (Å²) in [6.07, 6.45) is 6.09. The minimum absolute atomic E-state index is 0.201. The van der Waals surface area contributed by atoms with Crippen molar-refractivity contribution in [3.05, 3.63) is 65.4 Å². The van der Waals surface area contributed by atoms with Gasteiger partial charge < -0.3 is 16.5 Å². The van der Waals surface area contributed by atoms with Gasteiger partial charge in [0, 0.05) is 30.6 Å². The van der Waals surface area contributed by atoms with Crippen molar-refractivity contribution >= 4 is 34.8 Å². The molecule has 0 aliphatic rings. The lowest BCUT2D eigenvalue weighted by Gasteiger charge is -2.26. The third-order valence-electron chi connectivity index (χ3n) is 6.06. The van der Waals surface area contributed by atoms with Crippen LogP contribution in [0.5, 0.6) is 0 Å². The molecule has 4 heterocycles. The zero-order chi connectivity index (χ0) is 25.7. The van der Waals surface area contributed by atoms with E-state index in [0.717, 1.165) is 29.9 Å². The number of likely N-dealkylation sites (N-methyl/N-ethyl adjacent to an activating group) is 1. The van der Waals surface area contributed by atoms with Crippen molar-refractivity contribution in [1.29, 1.82) is 5.41 Å². The Balaban J connectivity index is 1.73. The average Bonchev–Trinajstić information content (AvgIpc) is 3.58. The smallest absolute Gasteiger partial charge is 0.251 e. The highest BCUT2D eigenvalue weighted by atomic mass is 32.1. The predicted molar refractivity (Wildman–Crippen MR) is 145 cm³/mol. The molecule has 4 rings (SSSR count). The van der Waals surface area contributed by atoms with Gasteiger partial charge in [-0.1, -0.05) is 19.9 Å². The number of fused-ring (bicyclic) bond motifs is 1. The Morgan fingerprint density at radius 3 is 2.75 bits per heavy atom. The van der Waals surface area contributed by atoms with Gasteiger partial charge in [-0.15, -0.1) is 11.3 Å². The summed E-state index contributed by atoms with van der Waals surface area (Å²) in [5.41, 5.74) is 9.97. The third-order valence-corrected chi connectivity index (χ3v) is 6.95. The van der Waals surface area contributed by atoms with Gasteiger partial charge in [0.25, 0.3) is 5.91 Å². The summed E-state index contributed by atoms with van der Waals surface area (Å²) < 4.78 is 1.68. The van der Waals surface area contributed by atoms with Crippen molar-refractivity contribution in [3.8, 4) is 21.8 Å². The molecule has 9 nitrogen and oxygen atoms in total. The number of nitrogens with zero attached hydrogens (tertiary/aromatic N) is 5. The fourth-order valence-electron chi connectivity index (χ4n) is 4.05. The van der Waals surface area contributed by atoms with E-state index in [2.05, 4.69) is 36.1 Å². The lowest BCUT2D eigenvalue weighted by molar-refractivity contribution is 0.0938. The number of thiophene rings is 1. The van der Waals surface area contributed by atoms with E-state index >= 15 is 0 Å². The highest BCUT2D eigenvalue weighted by Crippen LogP contribution is 2.28. The van der Waals surface area contributed by atoms with Gasteiger partial charge in [-0.05, 0) is 55.7 Å². The highest BCUT2D eigenvalue weighted by Gasteiger charge is 2.18. The van der Waals surface area contributed by atoms with Gasteiger partial charge in [-0.25, -0.2) is 14.5 Å². The van der Waals surface area contributed by atoms with E-state index in [4.69, 9.17) is 21.1 Å². The van der Waals surface area contributed by atoms with Gasteiger partial charge in [0.1, 0.15) is 0 Å². The fraction of sp³-hybridized carbons (Fsp3) is 0.269. The van der Waals surface area contributed by atoms with Crippen molar-refractivity contribution in [1.82, 2.24) is 29.8 Å². The first-order valence-electron chi connectivity index (χ1n) is 11.8. The molecule has 0 aromatic carbocycles. The molecule has 4 N–H and O–H groups in total. The summed E-state index contributed by atoms with van der Waals surface area (Å²) >= 11 is 1.61. The molecule has 0 aliphatic carbocycles. The number of hydrogen-bond acceptors (Lipinski definition) is 8. The van der Waals surface area contributed by atoms with E-state index in [1.54, 1.807) is 34.2 Å². The molecule has 4 aromatic rings. The first-order chi connectivity index (χ1) is 17.4. The third kappa shape index (κ3) is 5.34. The summed E-state index contributed by atoms with van der Waals surface area (Å²) in [5, 5.41) is 16.9. The molecule has 1 unspecified atom stereocenters. The molecule has 0 saturated heterocycles. The Labute approximate surface area is 214 Å². The van der Waals surface area contributed by atoms with Crippen LogP contribution in [0.3, 0.4) is 0 Å². The van der Waals surface area contributed by atoms with Crippen LogP contribution in [0.1, 0.15) is 36.8 Å². The monoisotopic (exact) mass is 502 g/mol. The second-order valence-electron chi connectivity index (χ2n) is 8.31. The molecule has 0 aliphatic heterocycles. The fourth-order valence-corrected chi connectivity index (χ4v) is 4.75. The van der Waals surface area contributed by atoms with Crippen LogP contribution < -0.4 is 11.1 Å². The normalized spacial score (nSPS) is 12.7. The van der Waals surface area contributed by atoms with Crippen LogP contribution in [0.4, 0.5) is 0 Å². The predicted octanol–water partition coefficient (Wildman–Crippen LogP) is 3.93. The SMILES string of the molecule is CCN(CC)C(C)CNC(=O)c1cc(C(N)=CC=N)nc(-c2cnn3ccc(-c4cccs4)nc23)c1. The molecule has 0 bridgehead atoms. The van der Waals surface area contributed by atoms with E-state index in [1.165, 1.54) is 6.08 Å². The van der Waals surface area contributed by atoms with Crippen LogP contribution >= 0.6 is 11.3 Å². The van der Waals surface area contributed by atoms with Crippen molar-refractivity contribution in [3.63, 3.8) is 0 Å². The first-order valence-corrected chi connectivity index (χ1v) is 12.7. The van der Waals surface area contributed by atoms with Crippen LogP contribution in [0.15, 0.2) is 54.2 Å². The van der Waals surface area contributed by atoms with E-state index in [-0.39, 0.29) is 11.9 Å². The van der Waals surface area contributed by atoms with Crippen molar-refractivity contribution in [2.45, 2.75) is 26.8 Å². The Kier molecular flexibility index (Phi) is 7.87. The maximum atomic E-state index is 13.2. The maximum Gasteiger partial charge on any atom is 0.251 e. The van der Waals surface area contributed by atoms with E-state index < -0.39 is 0 Å². The quantitative estimate of drug-likeness (QED) is 0.282. The van der Waals surface area contributed by atoms with Crippen LogP contribution in [-0.4, -0.2) is 62.3 Å². The molecule has 0 spiro atoms. The second-order valence-corrected chi connectivity index (χ2v) is 9.26. The molecular formula is C26H30N8OS. The molecule has 0 fully saturated rings. The largest absolute Gasteiger partial charge is 0.397 e. The highest BCUT2D eigenvalue weighted by molar-refractivity contribution is 7.13. The van der Waals surface area contributed by atoms with E-state index in [1.807, 2.05) is 29.8 Å². The number of nitrogens with one attached hydrogen (secondary N) is 2. The molecule has 1 atom stereocenters. The molecular weight excluding hydrogens is 472 g/mol. The van der Waals surface area contributed by atoms with Gasteiger partial charge >= 0.3 is 0 Å². The van der Waals surface area contributed by atoms with Crippen LogP contribution in [0.25, 0.3) is 33.2 Å². The summed E-state index contributed by atoms with van der Waals surface area (Å²) in [5.74, 6) is -0.217. The molecule has 0 saturated carbocycles. The molecule has 10 heteroatoms. The molecule has 1 amide bonds. The zero-order valence-corrected chi connectivity index (χ0v) is 21.4. The van der Waals surface area contributed by atoms with Gasteiger partial charge in [-0.2, -0.15) is 5.10 Å². The Bertz CT molecular complexity index is 1390. The van der Waals surface area contributed by atoms with Gasteiger partial charge in [0.15, 0.2) is 5.65 Å². The number of pyridine rings is 1. The number of nitrogens with two attached hydrogens (primary N) is 1. The number of carbonyl (C=O) groups is 1. The van der Waals surface area contributed by atoms with Crippen molar-refractivity contribution in [2.24, 2.45) is 5.73 Å². The standard InChI is InChI=1S/C26H30N8OS/c1-4-33(5-2)17(3)15-29-26(35)18-13-22(31-23(14-18)20(28)8-10-27)19-16-30-34-11-9-21(32-25(19)34)24-7-6-12-36-24/h6-14,16-17,27H,4-5,15,28H2,1-3H3,(H,29,35). The zero-order valence-electron chi connectivity index (χ0n) is 20.6. The van der Waals surface area contributed by atoms with Gasteiger partial charge in [0.2, 0.25) is 0 Å². The van der Waals surface area contributed by atoms with Crippen LogP contribution in [0.2, 0.25) is 0 Å².